The van der Waals surface area contributed by atoms with Gasteiger partial charge in [0.2, 0.25) is 0 Å². The fourth-order valence-corrected chi connectivity index (χ4v) is 3.17. The first kappa shape index (κ1) is 21.1. The zero-order valence-corrected chi connectivity index (χ0v) is 15.8. The molecule has 0 unspecified atom stereocenters. The second-order valence-corrected chi connectivity index (χ2v) is 6.46. The smallest absolute Gasteiger partial charge is 0.386 e. The monoisotopic (exact) mass is 338 g/mol. The molecule has 0 aliphatic carbocycles. The summed E-state index contributed by atoms with van der Waals surface area (Å²) in [5, 5.41) is 0. The summed E-state index contributed by atoms with van der Waals surface area (Å²) in [6, 6.07) is 0. The van der Waals surface area contributed by atoms with Crippen LogP contribution in [0.25, 0.3) is 0 Å². The van der Waals surface area contributed by atoms with Gasteiger partial charge >= 0.3 is 7.82 Å². The molecule has 0 atom stereocenters. The Balaban J connectivity index is 5.78. The molecule has 5 heteroatoms. The van der Waals surface area contributed by atoms with Crippen molar-refractivity contribution < 1.29 is 18.1 Å². The first-order valence-corrected chi connectivity index (χ1v) is 8.71. The summed E-state index contributed by atoms with van der Waals surface area (Å²) in [5.41, 5.74) is 1.82. The Morgan fingerprint density at radius 1 is 0.696 bits per heavy atom. The predicted octanol–water partition coefficient (Wildman–Crippen LogP) is 6.58. The van der Waals surface area contributed by atoms with Gasteiger partial charge in [0, 0.05) is 0 Å². The molecule has 0 aromatic rings. The van der Waals surface area contributed by atoms with Crippen molar-refractivity contribution in [3.63, 3.8) is 0 Å². The fraction of sp³-hybridized carbons (Fsp3) is 0.333. The molecule has 0 aromatic carbocycles. The van der Waals surface area contributed by atoms with Gasteiger partial charge in [-0.05, 0) is 76.5 Å². The van der Waals surface area contributed by atoms with E-state index in [4.69, 9.17) is 13.6 Å². The molecule has 0 rings (SSSR count). The minimum atomic E-state index is -3.99. The molecule has 0 heterocycles. The lowest BCUT2D eigenvalue weighted by Gasteiger charge is -2.23. The Kier molecular flexibility index (Phi) is 8.49. The minimum absolute atomic E-state index is 0.336. The van der Waals surface area contributed by atoms with Crippen LogP contribution in [0, 0.1) is 0 Å². The SMILES string of the molecule is C=C(C)/C(=C/C)OP(=O)(O/C(=C\C)C(=C)C)O/C(=C\C)C(=C)C. The third kappa shape index (κ3) is 6.79. The van der Waals surface area contributed by atoms with Gasteiger partial charge in [-0.1, -0.05) is 19.7 Å². The second-order valence-electron chi connectivity index (χ2n) is 5.02. The summed E-state index contributed by atoms with van der Waals surface area (Å²) in [5.74, 6) is 1.01. The maximum atomic E-state index is 13.1. The molecule has 0 aliphatic heterocycles. The molecule has 0 amide bonds. The van der Waals surface area contributed by atoms with Crippen LogP contribution in [0.2, 0.25) is 0 Å². The molecule has 0 aromatic heterocycles. The van der Waals surface area contributed by atoms with Crippen molar-refractivity contribution in [2.45, 2.75) is 41.5 Å². The maximum Gasteiger partial charge on any atom is 0.647 e. The molecule has 0 spiro atoms. The predicted molar refractivity (Wildman–Crippen MR) is 96.6 cm³/mol. The minimum Gasteiger partial charge on any atom is -0.386 e. The summed E-state index contributed by atoms with van der Waals surface area (Å²) in [4.78, 5) is 0. The zero-order valence-electron chi connectivity index (χ0n) is 14.9. The van der Waals surface area contributed by atoms with Crippen LogP contribution in [0.5, 0.6) is 0 Å². The van der Waals surface area contributed by atoms with Crippen molar-refractivity contribution in [2.75, 3.05) is 0 Å². The van der Waals surface area contributed by atoms with Gasteiger partial charge in [0.05, 0.1) is 0 Å². The van der Waals surface area contributed by atoms with E-state index in [9.17, 15) is 4.57 Å². The van der Waals surface area contributed by atoms with Gasteiger partial charge in [0.1, 0.15) is 17.3 Å². The zero-order chi connectivity index (χ0) is 18.2. The van der Waals surface area contributed by atoms with E-state index in [0.717, 1.165) is 0 Å². The highest BCUT2D eigenvalue weighted by molar-refractivity contribution is 7.48. The largest absolute Gasteiger partial charge is 0.647 e. The number of phosphoric acid groups is 1. The highest BCUT2D eigenvalue weighted by Crippen LogP contribution is 2.56. The van der Waals surface area contributed by atoms with Gasteiger partial charge in [-0.25, -0.2) is 0 Å². The van der Waals surface area contributed by atoms with E-state index < -0.39 is 7.82 Å². The van der Waals surface area contributed by atoms with E-state index in [2.05, 4.69) is 19.7 Å². The Bertz CT molecular complexity index is 535. The molecule has 0 saturated heterocycles. The lowest BCUT2D eigenvalue weighted by Crippen LogP contribution is -2.03. The molecule has 4 nitrogen and oxygen atoms in total. The molecule has 23 heavy (non-hydrogen) atoms. The van der Waals surface area contributed by atoms with Crippen molar-refractivity contribution in [3.05, 3.63) is 72.0 Å². The number of hydrogen-bond donors (Lipinski definition) is 0. The van der Waals surface area contributed by atoms with Gasteiger partial charge in [-0.2, -0.15) is 4.57 Å². The van der Waals surface area contributed by atoms with Gasteiger partial charge in [-0.3, -0.25) is 0 Å². The summed E-state index contributed by atoms with van der Waals surface area (Å²) in [6.07, 6.45) is 4.94. The molecule has 0 aliphatic rings. The third-order valence-electron chi connectivity index (χ3n) is 2.68. The summed E-state index contributed by atoms with van der Waals surface area (Å²) in [7, 11) is -3.99. The summed E-state index contributed by atoms with van der Waals surface area (Å²) >= 11 is 0. The Hall–Kier alpha value is -1.93. The number of allylic oxidation sites excluding steroid dienone is 6. The number of phosphoric ester groups is 1. The van der Waals surface area contributed by atoms with Crippen LogP contribution in [0.4, 0.5) is 0 Å². The van der Waals surface area contributed by atoms with E-state index >= 15 is 0 Å². The fourth-order valence-electron chi connectivity index (χ4n) is 1.55. The average molecular weight is 338 g/mol. The molecular formula is C18H27O4P. The topological polar surface area (TPSA) is 44.8 Å². The van der Waals surface area contributed by atoms with Crippen LogP contribution in [-0.2, 0) is 18.1 Å². The standard InChI is InChI=1S/C18H27O4P/c1-10-16(13(4)5)20-23(19,21-17(11-2)14(6)7)22-18(12-3)15(8)9/h10-12H,4,6,8H2,1-3,5,7,9H3/b16-10-,17-11-,18-12-. The van der Waals surface area contributed by atoms with Crippen molar-refractivity contribution in [1.82, 2.24) is 0 Å². The van der Waals surface area contributed by atoms with Gasteiger partial charge < -0.3 is 13.6 Å². The normalized spacial score (nSPS) is 13.4. The average Bonchev–Trinajstić information content (AvgIpc) is 2.47. The first-order valence-electron chi connectivity index (χ1n) is 7.25. The number of hydrogen-bond acceptors (Lipinski definition) is 4. The van der Waals surface area contributed by atoms with E-state index in [1.54, 1.807) is 59.8 Å². The van der Waals surface area contributed by atoms with Crippen molar-refractivity contribution in [2.24, 2.45) is 0 Å². The first-order chi connectivity index (χ1) is 10.6. The summed E-state index contributed by atoms with van der Waals surface area (Å²) < 4.78 is 29.7. The van der Waals surface area contributed by atoms with E-state index in [-0.39, 0.29) is 0 Å². The molecule has 0 saturated carbocycles. The van der Waals surface area contributed by atoms with Crippen LogP contribution >= 0.6 is 7.82 Å². The van der Waals surface area contributed by atoms with Crippen molar-refractivity contribution >= 4 is 7.82 Å². The van der Waals surface area contributed by atoms with Gasteiger partial charge in [-0.15, -0.1) is 0 Å². The molecule has 128 valence electrons. The Morgan fingerprint density at radius 3 is 1.04 bits per heavy atom. The molecule has 0 N–H and O–H groups in total. The van der Waals surface area contributed by atoms with E-state index in [1.165, 1.54) is 0 Å². The van der Waals surface area contributed by atoms with E-state index in [0.29, 0.717) is 34.0 Å². The van der Waals surface area contributed by atoms with Crippen LogP contribution in [0.1, 0.15) is 41.5 Å². The maximum absolute atomic E-state index is 13.1. The Labute approximate surface area is 140 Å². The van der Waals surface area contributed by atoms with Crippen LogP contribution in [0.3, 0.4) is 0 Å². The molecular weight excluding hydrogens is 311 g/mol. The van der Waals surface area contributed by atoms with Crippen LogP contribution in [0.15, 0.2) is 72.0 Å². The Morgan fingerprint density at radius 2 is 0.913 bits per heavy atom. The van der Waals surface area contributed by atoms with Crippen molar-refractivity contribution in [1.29, 1.82) is 0 Å². The number of rotatable bonds is 9. The highest BCUT2D eigenvalue weighted by Gasteiger charge is 2.35. The van der Waals surface area contributed by atoms with Crippen LogP contribution in [-0.4, -0.2) is 0 Å². The lowest BCUT2D eigenvalue weighted by molar-refractivity contribution is 0.200. The van der Waals surface area contributed by atoms with Crippen molar-refractivity contribution in [3.8, 4) is 0 Å². The lowest BCUT2D eigenvalue weighted by atomic mass is 10.3. The quantitative estimate of drug-likeness (QED) is 0.270. The second kappa shape index (κ2) is 9.26. The van der Waals surface area contributed by atoms with Gasteiger partial charge in [0.25, 0.3) is 0 Å². The third-order valence-corrected chi connectivity index (χ3v) is 3.94. The van der Waals surface area contributed by atoms with Gasteiger partial charge in [0.15, 0.2) is 0 Å². The van der Waals surface area contributed by atoms with Crippen LogP contribution < -0.4 is 0 Å². The highest BCUT2D eigenvalue weighted by atomic mass is 31.2. The summed E-state index contributed by atoms with van der Waals surface area (Å²) in [6.45, 7) is 21.8. The molecule has 0 fully saturated rings. The molecule has 0 radical (unpaired) electrons. The van der Waals surface area contributed by atoms with E-state index in [1.807, 2.05) is 0 Å². The molecule has 0 bridgehead atoms.